The SMILES string of the molecule is C#CCNC(=O)C(C)N[C@@H](C)c1ccco1. The van der Waals surface area contributed by atoms with Gasteiger partial charge in [0.2, 0.25) is 5.91 Å². The Morgan fingerprint density at radius 3 is 2.94 bits per heavy atom. The fourth-order valence-corrected chi connectivity index (χ4v) is 1.36. The van der Waals surface area contributed by atoms with Crippen molar-refractivity contribution in [1.29, 1.82) is 0 Å². The number of carbonyl (C=O) groups is 1. The highest BCUT2D eigenvalue weighted by molar-refractivity contribution is 5.81. The van der Waals surface area contributed by atoms with Gasteiger partial charge in [-0.3, -0.25) is 10.1 Å². The quantitative estimate of drug-likeness (QED) is 0.730. The highest BCUT2D eigenvalue weighted by atomic mass is 16.3. The summed E-state index contributed by atoms with van der Waals surface area (Å²) in [5.74, 6) is 3.04. The fraction of sp³-hybridized carbons (Fsp3) is 0.417. The zero-order valence-electron chi connectivity index (χ0n) is 9.49. The summed E-state index contributed by atoms with van der Waals surface area (Å²) in [7, 11) is 0. The Bertz CT molecular complexity index is 365. The van der Waals surface area contributed by atoms with Gasteiger partial charge in [-0.05, 0) is 26.0 Å². The zero-order valence-corrected chi connectivity index (χ0v) is 9.49. The predicted octanol–water partition coefficient (Wildman–Crippen LogP) is 1.07. The van der Waals surface area contributed by atoms with Crippen molar-refractivity contribution < 1.29 is 9.21 Å². The molecule has 0 aliphatic heterocycles. The first-order chi connectivity index (χ1) is 7.65. The summed E-state index contributed by atoms with van der Waals surface area (Å²) in [5, 5.41) is 5.73. The van der Waals surface area contributed by atoms with E-state index in [-0.39, 0.29) is 24.5 Å². The normalized spacial score (nSPS) is 13.8. The minimum atomic E-state index is -0.312. The van der Waals surface area contributed by atoms with Gasteiger partial charge in [-0.25, -0.2) is 0 Å². The highest BCUT2D eigenvalue weighted by Gasteiger charge is 2.16. The molecule has 0 bridgehead atoms. The van der Waals surface area contributed by atoms with Gasteiger partial charge in [0.1, 0.15) is 5.76 Å². The molecule has 0 saturated carbocycles. The fourth-order valence-electron chi connectivity index (χ4n) is 1.36. The van der Waals surface area contributed by atoms with Crippen molar-refractivity contribution in [2.24, 2.45) is 0 Å². The molecule has 1 unspecified atom stereocenters. The Morgan fingerprint density at radius 1 is 1.62 bits per heavy atom. The average Bonchev–Trinajstić information content (AvgIpc) is 2.79. The lowest BCUT2D eigenvalue weighted by Crippen LogP contribution is -2.43. The van der Waals surface area contributed by atoms with E-state index in [0.29, 0.717) is 0 Å². The maximum Gasteiger partial charge on any atom is 0.237 e. The molecule has 0 saturated heterocycles. The second-order valence-electron chi connectivity index (χ2n) is 3.55. The average molecular weight is 220 g/mol. The van der Waals surface area contributed by atoms with Crippen molar-refractivity contribution >= 4 is 5.91 Å². The van der Waals surface area contributed by atoms with E-state index in [1.165, 1.54) is 0 Å². The van der Waals surface area contributed by atoms with Crippen molar-refractivity contribution in [3.8, 4) is 12.3 Å². The van der Waals surface area contributed by atoms with Crippen LogP contribution in [-0.2, 0) is 4.79 Å². The molecule has 1 heterocycles. The van der Waals surface area contributed by atoms with Gasteiger partial charge in [0, 0.05) is 0 Å². The lowest BCUT2D eigenvalue weighted by Gasteiger charge is -2.17. The minimum Gasteiger partial charge on any atom is -0.468 e. The van der Waals surface area contributed by atoms with E-state index in [2.05, 4.69) is 16.6 Å². The van der Waals surface area contributed by atoms with Crippen LogP contribution in [0, 0.1) is 12.3 Å². The molecule has 1 amide bonds. The summed E-state index contributed by atoms with van der Waals surface area (Å²) < 4.78 is 5.23. The van der Waals surface area contributed by atoms with Gasteiger partial charge in [-0.15, -0.1) is 6.42 Å². The molecule has 2 atom stereocenters. The van der Waals surface area contributed by atoms with Crippen molar-refractivity contribution in [3.05, 3.63) is 24.2 Å². The first-order valence-corrected chi connectivity index (χ1v) is 5.15. The van der Waals surface area contributed by atoms with Crippen LogP contribution in [-0.4, -0.2) is 18.5 Å². The predicted molar refractivity (Wildman–Crippen MR) is 61.6 cm³/mol. The summed E-state index contributed by atoms with van der Waals surface area (Å²) in [4.78, 5) is 11.5. The summed E-state index contributed by atoms with van der Waals surface area (Å²) in [5.41, 5.74) is 0. The number of hydrogen-bond acceptors (Lipinski definition) is 3. The van der Waals surface area contributed by atoms with Crippen molar-refractivity contribution in [2.45, 2.75) is 25.9 Å². The van der Waals surface area contributed by atoms with Gasteiger partial charge in [-0.2, -0.15) is 0 Å². The molecule has 1 aromatic rings. The number of carbonyl (C=O) groups excluding carboxylic acids is 1. The third-order valence-corrected chi connectivity index (χ3v) is 2.23. The van der Waals surface area contributed by atoms with E-state index in [0.717, 1.165) is 5.76 Å². The van der Waals surface area contributed by atoms with Gasteiger partial charge in [-0.1, -0.05) is 5.92 Å². The van der Waals surface area contributed by atoms with E-state index < -0.39 is 0 Å². The summed E-state index contributed by atoms with van der Waals surface area (Å²) in [6.45, 7) is 3.97. The van der Waals surface area contributed by atoms with Gasteiger partial charge >= 0.3 is 0 Å². The summed E-state index contributed by atoms with van der Waals surface area (Å²) in [6.07, 6.45) is 6.66. The molecule has 0 spiro atoms. The molecule has 0 fully saturated rings. The van der Waals surface area contributed by atoms with Crippen molar-refractivity contribution in [2.75, 3.05) is 6.54 Å². The van der Waals surface area contributed by atoms with Crippen LogP contribution in [0.2, 0.25) is 0 Å². The topological polar surface area (TPSA) is 54.3 Å². The number of hydrogen-bond donors (Lipinski definition) is 2. The van der Waals surface area contributed by atoms with Gasteiger partial charge in [0.25, 0.3) is 0 Å². The molecule has 2 N–H and O–H groups in total. The van der Waals surface area contributed by atoms with E-state index >= 15 is 0 Å². The van der Waals surface area contributed by atoms with Crippen LogP contribution in [0.1, 0.15) is 25.6 Å². The lowest BCUT2D eigenvalue weighted by atomic mass is 10.2. The monoisotopic (exact) mass is 220 g/mol. The first-order valence-electron chi connectivity index (χ1n) is 5.15. The van der Waals surface area contributed by atoms with Crippen LogP contribution in [0.25, 0.3) is 0 Å². The maximum atomic E-state index is 11.5. The Labute approximate surface area is 95.4 Å². The number of amides is 1. The van der Waals surface area contributed by atoms with Gasteiger partial charge in [0.15, 0.2) is 0 Å². The molecule has 1 aromatic heterocycles. The third-order valence-electron chi connectivity index (χ3n) is 2.23. The molecule has 1 rings (SSSR count). The second-order valence-corrected chi connectivity index (χ2v) is 3.55. The molecule has 4 heteroatoms. The molecule has 0 aliphatic carbocycles. The van der Waals surface area contributed by atoms with Crippen LogP contribution < -0.4 is 10.6 Å². The molecular formula is C12H16N2O2. The third kappa shape index (κ3) is 3.44. The van der Waals surface area contributed by atoms with E-state index in [1.807, 2.05) is 19.1 Å². The van der Waals surface area contributed by atoms with Crippen LogP contribution in [0.5, 0.6) is 0 Å². The van der Waals surface area contributed by atoms with Crippen LogP contribution in [0.4, 0.5) is 0 Å². The van der Waals surface area contributed by atoms with E-state index in [9.17, 15) is 4.79 Å². The molecule has 0 aliphatic rings. The Kier molecular flexibility index (Phi) is 4.62. The Morgan fingerprint density at radius 2 is 2.38 bits per heavy atom. The Balaban J connectivity index is 2.42. The molecule has 16 heavy (non-hydrogen) atoms. The van der Waals surface area contributed by atoms with Crippen LogP contribution >= 0.6 is 0 Å². The van der Waals surface area contributed by atoms with Gasteiger partial charge < -0.3 is 9.73 Å². The van der Waals surface area contributed by atoms with Crippen LogP contribution in [0.3, 0.4) is 0 Å². The van der Waals surface area contributed by atoms with Gasteiger partial charge in [0.05, 0.1) is 24.9 Å². The highest BCUT2D eigenvalue weighted by Crippen LogP contribution is 2.12. The summed E-state index contributed by atoms with van der Waals surface area (Å²) >= 11 is 0. The summed E-state index contributed by atoms with van der Waals surface area (Å²) in [6, 6.07) is 3.36. The minimum absolute atomic E-state index is 0.0124. The molecule has 0 aromatic carbocycles. The van der Waals surface area contributed by atoms with Crippen molar-refractivity contribution in [3.63, 3.8) is 0 Å². The maximum absolute atomic E-state index is 11.5. The van der Waals surface area contributed by atoms with E-state index in [4.69, 9.17) is 10.8 Å². The molecular weight excluding hydrogens is 204 g/mol. The molecule has 4 nitrogen and oxygen atoms in total. The molecule has 86 valence electrons. The van der Waals surface area contributed by atoms with Crippen molar-refractivity contribution in [1.82, 2.24) is 10.6 Å². The molecule has 0 radical (unpaired) electrons. The smallest absolute Gasteiger partial charge is 0.237 e. The largest absolute Gasteiger partial charge is 0.468 e. The number of furan rings is 1. The number of nitrogens with one attached hydrogen (secondary N) is 2. The standard InChI is InChI=1S/C12H16N2O2/c1-4-7-13-12(15)10(3)14-9(2)11-6-5-8-16-11/h1,5-6,8-10,14H,7H2,2-3H3,(H,13,15)/t9-,10?/m0/s1. The Hall–Kier alpha value is -1.73. The second kappa shape index (κ2) is 5.99. The number of rotatable bonds is 5. The zero-order chi connectivity index (χ0) is 12.0. The number of terminal acetylenes is 1. The first kappa shape index (κ1) is 12.3. The van der Waals surface area contributed by atoms with E-state index in [1.54, 1.807) is 13.2 Å². The van der Waals surface area contributed by atoms with Crippen LogP contribution in [0.15, 0.2) is 22.8 Å². The lowest BCUT2D eigenvalue weighted by molar-refractivity contribution is -0.122.